The van der Waals surface area contributed by atoms with Gasteiger partial charge < -0.3 is 15.8 Å². The average Bonchev–Trinajstić information content (AvgIpc) is 2.43. The fourth-order valence-electron chi connectivity index (χ4n) is 2.53. The van der Waals surface area contributed by atoms with Crippen LogP contribution in [0.2, 0.25) is 0 Å². The number of nitrogens with two attached hydrogens (primary N) is 1. The zero-order valence-corrected chi connectivity index (χ0v) is 13.2. The van der Waals surface area contributed by atoms with Crippen LogP contribution in [0.5, 0.6) is 5.88 Å². The quantitative estimate of drug-likeness (QED) is 0.870. The molecule has 0 spiro atoms. The predicted molar refractivity (Wildman–Crippen MR) is 85.4 cm³/mol. The molecule has 0 aliphatic heterocycles. The highest BCUT2D eigenvalue weighted by atomic mass is 32.2. The number of nitrogens with one attached hydrogen (secondary N) is 1. The van der Waals surface area contributed by atoms with Crippen LogP contribution in [0, 0.1) is 0 Å². The largest absolute Gasteiger partial charge is 0.473 e. The van der Waals surface area contributed by atoms with E-state index in [1.165, 1.54) is 25.6 Å². The van der Waals surface area contributed by atoms with Gasteiger partial charge in [-0.05, 0) is 32.9 Å². The summed E-state index contributed by atoms with van der Waals surface area (Å²) in [5, 5.41) is 4.10. The monoisotopic (exact) mass is 296 g/mol. The third kappa shape index (κ3) is 3.69. The van der Waals surface area contributed by atoms with Crippen LogP contribution in [0.4, 0.5) is 11.5 Å². The average molecular weight is 296 g/mol. The lowest BCUT2D eigenvalue weighted by Crippen LogP contribution is -2.34. The van der Waals surface area contributed by atoms with Gasteiger partial charge in [-0.1, -0.05) is 12.8 Å². The third-order valence-corrected chi connectivity index (χ3v) is 4.69. The van der Waals surface area contributed by atoms with Crippen LogP contribution in [0.15, 0.2) is 6.33 Å². The number of nitrogens with zero attached hydrogens (tertiary/aromatic N) is 2. The van der Waals surface area contributed by atoms with Gasteiger partial charge in [-0.3, -0.25) is 0 Å². The zero-order chi connectivity index (χ0) is 14.5. The van der Waals surface area contributed by atoms with E-state index in [1.54, 1.807) is 0 Å². The molecule has 1 aliphatic carbocycles. The first-order chi connectivity index (χ1) is 9.61. The minimum absolute atomic E-state index is 0.0497. The summed E-state index contributed by atoms with van der Waals surface area (Å²) in [6.45, 7) is 3.92. The Morgan fingerprint density at radius 3 is 2.80 bits per heavy atom. The van der Waals surface area contributed by atoms with Gasteiger partial charge in [0.1, 0.15) is 12.0 Å². The van der Waals surface area contributed by atoms with E-state index in [2.05, 4.69) is 21.5 Å². The molecule has 2 atom stereocenters. The van der Waals surface area contributed by atoms with Crippen molar-refractivity contribution in [3.8, 4) is 5.88 Å². The first-order valence-electron chi connectivity index (χ1n) is 7.18. The summed E-state index contributed by atoms with van der Waals surface area (Å²) in [6, 6.07) is 0.419. The van der Waals surface area contributed by atoms with E-state index in [9.17, 15) is 0 Å². The number of nitrogen functional groups attached to an aromatic ring is 1. The van der Waals surface area contributed by atoms with Crippen molar-refractivity contribution >= 4 is 23.3 Å². The van der Waals surface area contributed by atoms with Gasteiger partial charge >= 0.3 is 0 Å². The Morgan fingerprint density at radius 1 is 1.35 bits per heavy atom. The number of hydrogen-bond acceptors (Lipinski definition) is 6. The minimum atomic E-state index is 0.0497. The molecule has 1 aromatic rings. The topological polar surface area (TPSA) is 73.1 Å². The normalized spacial score (nSPS) is 22.8. The highest BCUT2D eigenvalue weighted by Crippen LogP contribution is 2.32. The van der Waals surface area contributed by atoms with Crippen molar-refractivity contribution in [1.82, 2.24) is 9.97 Å². The minimum Gasteiger partial charge on any atom is -0.473 e. The number of aromatic nitrogens is 2. The van der Waals surface area contributed by atoms with Crippen LogP contribution >= 0.6 is 11.8 Å². The maximum Gasteiger partial charge on any atom is 0.242 e. The number of ether oxygens (including phenoxy) is 1. The van der Waals surface area contributed by atoms with Gasteiger partial charge in [-0.15, -0.1) is 0 Å². The number of anilines is 2. The van der Waals surface area contributed by atoms with Gasteiger partial charge in [0.05, 0.1) is 6.10 Å². The van der Waals surface area contributed by atoms with Gasteiger partial charge in [0.15, 0.2) is 5.82 Å². The lowest BCUT2D eigenvalue weighted by molar-refractivity contribution is 0.234. The molecule has 1 aromatic heterocycles. The second kappa shape index (κ2) is 7.02. The summed E-state index contributed by atoms with van der Waals surface area (Å²) in [5.74, 6) is 1.16. The molecule has 0 radical (unpaired) electrons. The Hall–Kier alpha value is -1.17. The maximum atomic E-state index is 6.12. The Labute approximate surface area is 125 Å². The van der Waals surface area contributed by atoms with Crippen molar-refractivity contribution in [2.24, 2.45) is 0 Å². The van der Waals surface area contributed by atoms with Gasteiger partial charge in [0.25, 0.3) is 0 Å². The Kier molecular flexibility index (Phi) is 5.34. The van der Waals surface area contributed by atoms with E-state index in [4.69, 9.17) is 10.5 Å². The summed E-state index contributed by atoms with van der Waals surface area (Å²) in [4.78, 5) is 8.38. The van der Waals surface area contributed by atoms with Gasteiger partial charge in [0, 0.05) is 11.3 Å². The van der Waals surface area contributed by atoms with Crippen molar-refractivity contribution in [3.63, 3.8) is 0 Å². The van der Waals surface area contributed by atoms with Crippen LogP contribution in [0.3, 0.4) is 0 Å². The molecular weight excluding hydrogens is 272 g/mol. The predicted octanol–water partition coefficient (Wildman–Crippen LogP) is 2.93. The lowest BCUT2D eigenvalue weighted by atomic mass is 9.95. The molecule has 1 saturated carbocycles. The van der Waals surface area contributed by atoms with Crippen LogP contribution in [-0.4, -0.2) is 33.6 Å². The van der Waals surface area contributed by atoms with E-state index in [1.807, 2.05) is 25.6 Å². The molecule has 5 nitrogen and oxygen atoms in total. The smallest absolute Gasteiger partial charge is 0.242 e. The fourth-order valence-corrected chi connectivity index (χ4v) is 3.47. The summed E-state index contributed by atoms with van der Waals surface area (Å²) in [7, 11) is 0. The summed E-state index contributed by atoms with van der Waals surface area (Å²) in [5.41, 5.74) is 6.62. The molecule has 0 saturated heterocycles. The Morgan fingerprint density at radius 2 is 2.10 bits per heavy atom. The maximum absolute atomic E-state index is 6.12. The number of hydrogen-bond donors (Lipinski definition) is 2. The molecule has 0 aromatic carbocycles. The van der Waals surface area contributed by atoms with Crippen molar-refractivity contribution in [3.05, 3.63) is 6.33 Å². The highest BCUT2D eigenvalue weighted by molar-refractivity contribution is 7.99. The number of thioether (sulfide) groups is 1. The summed E-state index contributed by atoms with van der Waals surface area (Å²) < 4.78 is 5.61. The van der Waals surface area contributed by atoms with Crippen LogP contribution in [-0.2, 0) is 0 Å². The molecule has 1 heterocycles. The first kappa shape index (κ1) is 15.2. The first-order valence-corrected chi connectivity index (χ1v) is 8.47. The standard InChI is InChI=1S/C14H24N4OS/c1-9(2)19-14-12(15)13(16-8-17-14)18-10-6-4-5-7-11(10)20-3/h8-11H,4-7,15H2,1-3H3,(H,16,17,18). The third-order valence-electron chi connectivity index (χ3n) is 3.52. The van der Waals surface area contributed by atoms with Gasteiger partial charge in [-0.25, -0.2) is 4.98 Å². The van der Waals surface area contributed by atoms with Crippen molar-refractivity contribution < 1.29 is 4.74 Å². The molecule has 1 aliphatic rings. The van der Waals surface area contributed by atoms with E-state index in [0.717, 1.165) is 6.42 Å². The molecule has 112 valence electrons. The fraction of sp³-hybridized carbons (Fsp3) is 0.714. The van der Waals surface area contributed by atoms with E-state index in [-0.39, 0.29) is 6.10 Å². The van der Waals surface area contributed by atoms with Crippen LogP contribution < -0.4 is 15.8 Å². The van der Waals surface area contributed by atoms with Crippen molar-refractivity contribution in [2.75, 3.05) is 17.3 Å². The Balaban J connectivity index is 2.12. The summed E-state index contributed by atoms with van der Waals surface area (Å²) in [6.07, 6.45) is 8.71. The summed E-state index contributed by atoms with van der Waals surface area (Å²) >= 11 is 1.92. The molecule has 2 unspecified atom stereocenters. The van der Waals surface area contributed by atoms with E-state index >= 15 is 0 Å². The number of rotatable bonds is 5. The molecule has 6 heteroatoms. The lowest BCUT2D eigenvalue weighted by Gasteiger charge is -2.31. The second-order valence-corrected chi connectivity index (χ2v) is 6.49. The molecule has 0 amide bonds. The van der Waals surface area contributed by atoms with Crippen molar-refractivity contribution in [2.45, 2.75) is 56.9 Å². The van der Waals surface area contributed by atoms with Crippen LogP contribution in [0.1, 0.15) is 39.5 Å². The molecular formula is C14H24N4OS. The van der Waals surface area contributed by atoms with Crippen molar-refractivity contribution in [1.29, 1.82) is 0 Å². The van der Waals surface area contributed by atoms with Crippen LogP contribution in [0.25, 0.3) is 0 Å². The molecule has 3 N–H and O–H groups in total. The SMILES string of the molecule is CSC1CCCCC1Nc1ncnc(OC(C)C)c1N. The zero-order valence-electron chi connectivity index (χ0n) is 12.4. The molecule has 0 bridgehead atoms. The van der Waals surface area contributed by atoms with E-state index < -0.39 is 0 Å². The Bertz CT molecular complexity index is 441. The molecule has 1 fully saturated rings. The second-order valence-electron chi connectivity index (χ2n) is 5.42. The van der Waals surface area contributed by atoms with Gasteiger partial charge in [0.2, 0.25) is 5.88 Å². The molecule has 20 heavy (non-hydrogen) atoms. The van der Waals surface area contributed by atoms with E-state index in [0.29, 0.717) is 28.7 Å². The van der Waals surface area contributed by atoms with Gasteiger partial charge in [-0.2, -0.15) is 16.7 Å². The highest BCUT2D eigenvalue weighted by Gasteiger charge is 2.25. The molecule has 2 rings (SSSR count).